The van der Waals surface area contributed by atoms with Crippen LogP contribution >= 0.6 is 0 Å². The summed E-state index contributed by atoms with van der Waals surface area (Å²) in [4.78, 5) is 21.8. The van der Waals surface area contributed by atoms with E-state index in [1.54, 1.807) is 0 Å². The minimum Gasteiger partial charge on any atom is -0.360 e. The van der Waals surface area contributed by atoms with Gasteiger partial charge in [-0.05, 0) is 51.3 Å². The van der Waals surface area contributed by atoms with Crippen molar-refractivity contribution in [3.05, 3.63) is 47.1 Å². The van der Waals surface area contributed by atoms with Crippen molar-refractivity contribution in [1.29, 1.82) is 0 Å². The molecule has 1 aliphatic heterocycles. The normalized spacial score (nSPS) is 19.9. The molecule has 3 heterocycles. The van der Waals surface area contributed by atoms with Crippen LogP contribution in [0.2, 0.25) is 0 Å². The molecule has 1 amide bonds. The first-order valence-corrected chi connectivity index (χ1v) is 10.1. The Bertz CT molecular complexity index is 774. The summed E-state index contributed by atoms with van der Waals surface area (Å²) < 4.78 is 5.45. The number of hydrogen-bond donors (Lipinski definition) is 0. The number of likely N-dealkylation sites (N-methyl/N-ethyl adjacent to an activating group) is 1. The van der Waals surface area contributed by atoms with Crippen molar-refractivity contribution in [3.8, 4) is 0 Å². The van der Waals surface area contributed by atoms with Gasteiger partial charge in [-0.25, -0.2) is 0 Å². The average molecular weight is 368 g/mol. The Morgan fingerprint density at radius 1 is 1.30 bits per heavy atom. The van der Waals surface area contributed by atoms with Crippen molar-refractivity contribution in [2.45, 2.75) is 51.0 Å². The molecule has 0 bridgehead atoms. The maximum absolute atomic E-state index is 13.1. The summed E-state index contributed by atoms with van der Waals surface area (Å²) in [5.41, 5.74) is 2.72. The minimum atomic E-state index is 0.0460. The molecule has 1 aliphatic carbocycles. The van der Waals surface area contributed by atoms with Crippen LogP contribution in [0.1, 0.15) is 53.2 Å². The van der Waals surface area contributed by atoms with Gasteiger partial charge in [-0.3, -0.25) is 9.78 Å². The van der Waals surface area contributed by atoms with Crippen LogP contribution in [-0.4, -0.2) is 58.6 Å². The Balaban J connectivity index is 1.37. The van der Waals surface area contributed by atoms with E-state index in [2.05, 4.69) is 28.2 Å². The molecule has 0 saturated carbocycles. The number of pyridine rings is 1. The lowest BCUT2D eigenvalue weighted by Crippen LogP contribution is -2.49. The number of piperidine rings is 1. The fraction of sp³-hybridized carbons (Fsp3) is 0.571. The van der Waals surface area contributed by atoms with E-state index < -0.39 is 0 Å². The summed E-state index contributed by atoms with van der Waals surface area (Å²) in [5.74, 6) is 0.968. The fourth-order valence-corrected chi connectivity index (χ4v) is 4.22. The quantitative estimate of drug-likeness (QED) is 0.812. The van der Waals surface area contributed by atoms with Crippen LogP contribution in [0.4, 0.5) is 0 Å². The fourth-order valence-electron chi connectivity index (χ4n) is 4.22. The van der Waals surface area contributed by atoms with Crippen molar-refractivity contribution < 1.29 is 9.32 Å². The van der Waals surface area contributed by atoms with E-state index in [1.165, 1.54) is 0 Å². The molecule has 1 unspecified atom stereocenters. The predicted octanol–water partition coefficient (Wildman–Crippen LogP) is 2.73. The maximum Gasteiger partial charge on any atom is 0.276 e. The number of rotatable bonds is 5. The second-order valence-corrected chi connectivity index (χ2v) is 7.74. The van der Waals surface area contributed by atoms with E-state index in [1.807, 2.05) is 23.2 Å². The Hall–Kier alpha value is -2.21. The van der Waals surface area contributed by atoms with Gasteiger partial charge >= 0.3 is 0 Å². The van der Waals surface area contributed by atoms with E-state index in [9.17, 15) is 4.79 Å². The van der Waals surface area contributed by atoms with Gasteiger partial charge in [-0.1, -0.05) is 11.2 Å². The van der Waals surface area contributed by atoms with Crippen LogP contribution in [-0.2, 0) is 19.3 Å². The summed E-state index contributed by atoms with van der Waals surface area (Å²) in [6, 6.07) is 6.43. The molecule has 6 heteroatoms. The molecule has 0 spiro atoms. The zero-order chi connectivity index (χ0) is 18.6. The number of carbonyl (C=O) groups is 1. The van der Waals surface area contributed by atoms with Gasteiger partial charge in [0.1, 0.15) is 5.76 Å². The molecule has 144 valence electrons. The van der Waals surface area contributed by atoms with E-state index in [0.29, 0.717) is 11.7 Å². The standard InChI is InChI=1S/C21H28N4O2/c1-24(14-11-16-7-4-5-12-22-16)17-8-6-13-25(15-17)21(26)20-18-9-2-3-10-19(18)27-23-20/h4-5,7,12,17H,2-3,6,8-11,13-15H2,1H3. The van der Waals surface area contributed by atoms with Gasteiger partial charge in [-0.2, -0.15) is 0 Å². The average Bonchev–Trinajstić information content (AvgIpc) is 3.16. The van der Waals surface area contributed by atoms with Crippen molar-refractivity contribution in [2.24, 2.45) is 0 Å². The third-order valence-electron chi connectivity index (χ3n) is 5.91. The molecular weight excluding hydrogens is 340 g/mol. The first-order chi connectivity index (χ1) is 13.2. The third-order valence-corrected chi connectivity index (χ3v) is 5.91. The second-order valence-electron chi connectivity index (χ2n) is 7.74. The molecular formula is C21H28N4O2. The monoisotopic (exact) mass is 368 g/mol. The van der Waals surface area contributed by atoms with Gasteiger partial charge in [0.15, 0.2) is 5.69 Å². The summed E-state index contributed by atoms with van der Waals surface area (Å²) in [6.45, 7) is 2.52. The molecule has 2 aliphatic rings. The van der Waals surface area contributed by atoms with Crippen molar-refractivity contribution in [2.75, 3.05) is 26.7 Å². The van der Waals surface area contributed by atoms with Gasteiger partial charge in [0.05, 0.1) is 0 Å². The number of hydrogen-bond acceptors (Lipinski definition) is 5. The highest BCUT2D eigenvalue weighted by Crippen LogP contribution is 2.26. The second kappa shape index (κ2) is 8.21. The van der Waals surface area contributed by atoms with E-state index in [4.69, 9.17) is 4.52 Å². The third kappa shape index (κ3) is 4.05. The highest BCUT2D eigenvalue weighted by molar-refractivity contribution is 5.94. The molecule has 2 aromatic heterocycles. The predicted molar refractivity (Wildman–Crippen MR) is 103 cm³/mol. The Labute approximate surface area is 160 Å². The molecule has 4 rings (SSSR count). The summed E-state index contributed by atoms with van der Waals surface area (Å²) in [6.07, 6.45) is 9.00. The van der Waals surface area contributed by atoms with Gasteiger partial charge in [0.2, 0.25) is 0 Å². The number of aryl methyl sites for hydroxylation is 1. The summed E-state index contributed by atoms with van der Waals surface area (Å²) in [7, 11) is 2.15. The lowest BCUT2D eigenvalue weighted by Gasteiger charge is -2.37. The first-order valence-electron chi connectivity index (χ1n) is 10.1. The van der Waals surface area contributed by atoms with Crippen molar-refractivity contribution >= 4 is 5.91 Å². The molecule has 1 fully saturated rings. The van der Waals surface area contributed by atoms with Gasteiger partial charge < -0.3 is 14.3 Å². The summed E-state index contributed by atoms with van der Waals surface area (Å²) in [5, 5.41) is 4.13. The number of carbonyl (C=O) groups excluding carboxylic acids is 1. The van der Waals surface area contributed by atoms with E-state index in [0.717, 1.165) is 81.6 Å². The van der Waals surface area contributed by atoms with E-state index in [-0.39, 0.29) is 5.91 Å². The molecule has 0 radical (unpaired) electrons. The Morgan fingerprint density at radius 2 is 2.19 bits per heavy atom. The molecule has 1 saturated heterocycles. The lowest BCUT2D eigenvalue weighted by molar-refractivity contribution is 0.0600. The Morgan fingerprint density at radius 3 is 3.04 bits per heavy atom. The molecule has 6 nitrogen and oxygen atoms in total. The largest absolute Gasteiger partial charge is 0.360 e. The highest BCUT2D eigenvalue weighted by atomic mass is 16.5. The number of nitrogens with zero attached hydrogens (tertiary/aromatic N) is 4. The molecule has 0 aromatic carbocycles. The van der Waals surface area contributed by atoms with Gasteiger partial charge in [0.25, 0.3) is 5.91 Å². The number of fused-ring (bicyclic) bond motifs is 1. The van der Waals surface area contributed by atoms with Crippen LogP contribution in [0, 0.1) is 0 Å². The zero-order valence-corrected chi connectivity index (χ0v) is 16.1. The number of aromatic nitrogens is 2. The topological polar surface area (TPSA) is 62.5 Å². The van der Waals surface area contributed by atoms with Gasteiger partial charge in [0, 0.05) is 56.0 Å². The minimum absolute atomic E-state index is 0.0460. The number of likely N-dealkylation sites (tertiary alicyclic amines) is 1. The molecule has 0 N–H and O–H groups in total. The highest BCUT2D eigenvalue weighted by Gasteiger charge is 2.31. The van der Waals surface area contributed by atoms with Crippen LogP contribution in [0.5, 0.6) is 0 Å². The number of amides is 1. The maximum atomic E-state index is 13.1. The van der Waals surface area contributed by atoms with Crippen molar-refractivity contribution in [1.82, 2.24) is 19.9 Å². The van der Waals surface area contributed by atoms with Crippen LogP contribution in [0.15, 0.2) is 28.9 Å². The zero-order valence-electron chi connectivity index (χ0n) is 16.1. The van der Waals surface area contributed by atoms with Crippen LogP contribution in [0.3, 0.4) is 0 Å². The smallest absolute Gasteiger partial charge is 0.276 e. The van der Waals surface area contributed by atoms with Crippen LogP contribution < -0.4 is 0 Å². The van der Waals surface area contributed by atoms with Crippen molar-refractivity contribution in [3.63, 3.8) is 0 Å². The molecule has 27 heavy (non-hydrogen) atoms. The molecule has 1 atom stereocenters. The SMILES string of the molecule is CN(CCc1ccccn1)C1CCCN(C(=O)c2noc3c2CCCC3)C1. The Kier molecular flexibility index (Phi) is 5.53. The lowest BCUT2D eigenvalue weighted by atomic mass is 9.95. The molecule has 2 aromatic rings. The van der Waals surface area contributed by atoms with E-state index >= 15 is 0 Å². The summed E-state index contributed by atoms with van der Waals surface area (Å²) >= 11 is 0. The van der Waals surface area contributed by atoms with Crippen LogP contribution in [0.25, 0.3) is 0 Å². The first kappa shape index (κ1) is 18.2. The van der Waals surface area contributed by atoms with Gasteiger partial charge in [-0.15, -0.1) is 0 Å².